The highest BCUT2D eigenvalue weighted by atomic mass is 127. The van der Waals surface area contributed by atoms with Gasteiger partial charge in [-0.15, -0.1) is 0 Å². The van der Waals surface area contributed by atoms with Crippen LogP contribution in [0.5, 0.6) is 0 Å². The molecule has 0 atom stereocenters. The molecule has 0 radical (unpaired) electrons. The van der Waals surface area contributed by atoms with E-state index < -0.39 is 0 Å². The van der Waals surface area contributed by atoms with Crippen molar-refractivity contribution in [3.63, 3.8) is 0 Å². The van der Waals surface area contributed by atoms with Gasteiger partial charge in [0.15, 0.2) is 0 Å². The molecule has 8 heavy (non-hydrogen) atoms. The molecule has 1 rings (SSSR count). The van der Waals surface area contributed by atoms with Gasteiger partial charge in [-0.1, -0.05) is 58.0 Å². The standard InChI is InChI=1S/C6H10I2/c7-5-6(8)3-1-2-4-6/h1-5H2. The summed E-state index contributed by atoms with van der Waals surface area (Å²) < 4.78 is 2.03. The summed E-state index contributed by atoms with van der Waals surface area (Å²) in [6.45, 7) is 0. The molecule has 0 saturated heterocycles. The summed E-state index contributed by atoms with van der Waals surface area (Å²) >= 11 is 5.12. The fourth-order valence-electron chi connectivity index (χ4n) is 1.14. The van der Waals surface area contributed by atoms with Gasteiger partial charge in [-0.25, -0.2) is 0 Å². The molecular formula is C6H10I2. The van der Waals surface area contributed by atoms with Crippen molar-refractivity contribution < 1.29 is 0 Å². The maximum atomic E-state index is 2.62. The van der Waals surface area contributed by atoms with Crippen molar-refractivity contribution in [2.24, 2.45) is 0 Å². The van der Waals surface area contributed by atoms with Crippen molar-refractivity contribution in [1.29, 1.82) is 0 Å². The third kappa shape index (κ3) is 1.72. The van der Waals surface area contributed by atoms with Gasteiger partial charge < -0.3 is 0 Å². The number of alkyl halides is 2. The highest BCUT2D eigenvalue weighted by molar-refractivity contribution is 14.1. The van der Waals surface area contributed by atoms with Gasteiger partial charge in [0.25, 0.3) is 0 Å². The van der Waals surface area contributed by atoms with E-state index in [0.29, 0.717) is 3.42 Å². The molecule has 0 spiro atoms. The molecule has 0 amide bonds. The highest BCUT2D eigenvalue weighted by Gasteiger charge is 2.28. The molecular weight excluding hydrogens is 326 g/mol. The smallest absolute Gasteiger partial charge is 0.0311 e. The van der Waals surface area contributed by atoms with Gasteiger partial charge in [-0.05, 0) is 12.8 Å². The summed E-state index contributed by atoms with van der Waals surface area (Å²) in [7, 11) is 0. The number of rotatable bonds is 1. The van der Waals surface area contributed by atoms with Crippen LogP contribution in [0.25, 0.3) is 0 Å². The van der Waals surface area contributed by atoms with Crippen LogP contribution in [0.3, 0.4) is 0 Å². The van der Waals surface area contributed by atoms with E-state index in [2.05, 4.69) is 45.2 Å². The summed E-state index contributed by atoms with van der Waals surface area (Å²) in [5, 5.41) is 0. The van der Waals surface area contributed by atoms with Crippen molar-refractivity contribution in [2.75, 3.05) is 4.43 Å². The third-order valence-electron chi connectivity index (χ3n) is 1.74. The minimum Gasteiger partial charge on any atom is -0.0849 e. The SMILES string of the molecule is ICC1(I)CCCC1. The van der Waals surface area contributed by atoms with Crippen LogP contribution in [0.4, 0.5) is 0 Å². The first-order valence-electron chi connectivity index (χ1n) is 3.02. The molecule has 1 aliphatic rings. The van der Waals surface area contributed by atoms with Crippen LogP contribution in [-0.4, -0.2) is 7.85 Å². The van der Waals surface area contributed by atoms with Gasteiger partial charge in [0.2, 0.25) is 0 Å². The van der Waals surface area contributed by atoms with E-state index in [0.717, 1.165) is 0 Å². The van der Waals surface area contributed by atoms with Gasteiger partial charge in [-0.3, -0.25) is 0 Å². The van der Waals surface area contributed by atoms with E-state index in [-0.39, 0.29) is 0 Å². The van der Waals surface area contributed by atoms with Crippen LogP contribution in [-0.2, 0) is 0 Å². The maximum Gasteiger partial charge on any atom is 0.0311 e. The predicted molar refractivity (Wildman–Crippen MR) is 54.1 cm³/mol. The summed E-state index contributed by atoms with van der Waals surface area (Å²) in [6.07, 6.45) is 5.84. The van der Waals surface area contributed by atoms with E-state index in [4.69, 9.17) is 0 Å². The third-order valence-corrected chi connectivity index (χ3v) is 6.12. The predicted octanol–water partition coefficient (Wildman–Crippen LogP) is 3.17. The lowest BCUT2D eigenvalue weighted by atomic mass is 10.1. The van der Waals surface area contributed by atoms with Crippen molar-refractivity contribution in [2.45, 2.75) is 29.1 Å². The minimum absolute atomic E-state index is 0.693. The van der Waals surface area contributed by atoms with Gasteiger partial charge >= 0.3 is 0 Å². The van der Waals surface area contributed by atoms with Crippen molar-refractivity contribution in [1.82, 2.24) is 0 Å². The van der Waals surface area contributed by atoms with Gasteiger partial charge in [0.05, 0.1) is 0 Å². The molecule has 0 aliphatic heterocycles. The monoisotopic (exact) mass is 336 g/mol. The molecule has 2 heteroatoms. The van der Waals surface area contributed by atoms with Gasteiger partial charge in [-0.2, -0.15) is 0 Å². The zero-order valence-corrected chi connectivity index (χ0v) is 9.11. The van der Waals surface area contributed by atoms with E-state index in [9.17, 15) is 0 Å². The largest absolute Gasteiger partial charge is 0.0849 e. The molecule has 48 valence electrons. The lowest BCUT2D eigenvalue weighted by Crippen LogP contribution is -2.15. The maximum absolute atomic E-state index is 2.62. The molecule has 0 aromatic carbocycles. The zero-order chi connectivity index (χ0) is 6.04. The van der Waals surface area contributed by atoms with E-state index in [1.54, 1.807) is 0 Å². The Bertz CT molecular complexity index is 74.6. The first kappa shape index (κ1) is 7.57. The molecule has 0 unspecified atom stereocenters. The molecule has 0 aromatic rings. The van der Waals surface area contributed by atoms with Crippen LogP contribution < -0.4 is 0 Å². The summed E-state index contributed by atoms with van der Waals surface area (Å²) in [6, 6.07) is 0. The van der Waals surface area contributed by atoms with Crippen LogP contribution in [0, 0.1) is 0 Å². The van der Waals surface area contributed by atoms with Crippen LogP contribution >= 0.6 is 45.2 Å². The van der Waals surface area contributed by atoms with Gasteiger partial charge in [0.1, 0.15) is 0 Å². The quantitative estimate of drug-likeness (QED) is 0.510. The van der Waals surface area contributed by atoms with Crippen molar-refractivity contribution >= 4 is 45.2 Å². The molecule has 0 nitrogen and oxygen atoms in total. The fourth-order valence-corrected chi connectivity index (χ4v) is 2.67. The molecule has 1 saturated carbocycles. The Morgan fingerprint density at radius 1 is 1.25 bits per heavy atom. The number of hydrogen-bond donors (Lipinski definition) is 0. The Hall–Kier alpha value is 1.46. The van der Waals surface area contributed by atoms with E-state index >= 15 is 0 Å². The molecule has 0 heterocycles. The number of hydrogen-bond acceptors (Lipinski definition) is 0. The summed E-state index contributed by atoms with van der Waals surface area (Å²) in [5.74, 6) is 0. The highest BCUT2D eigenvalue weighted by Crippen LogP contribution is 2.39. The summed E-state index contributed by atoms with van der Waals surface area (Å²) in [5.41, 5.74) is 0. The first-order valence-corrected chi connectivity index (χ1v) is 5.62. The zero-order valence-electron chi connectivity index (χ0n) is 4.79. The normalized spacial score (nSPS) is 26.2. The lowest BCUT2D eigenvalue weighted by molar-refractivity contribution is 0.729. The Balaban J connectivity index is 2.40. The average Bonchev–Trinajstić information content (AvgIpc) is 2.17. The first-order chi connectivity index (χ1) is 3.77. The molecule has 0 aromatic heterocycles. The van der Waals surface area contributed by atoms with Crippen molar-refractivity contribution in [3.8, 4) is 0 Å². The lowest BCUT2D eigenvalue weighted by Gasteiger charge is -2.15. The molecule has 0 N–H and O–H groups in total. The second-order valence-corrected chi connectivity index (χ2v) is 5.54. The Kier molecular flexibility index (Phi) is 2.87. The number of halogens is 2. The van der Waals surface area contributed by atoms with E-state index in [1.807, 2.05) is 0 Å². The Morgan fingerprint density at radius 2 is 1.75 bits per heavy atom. The second-order valence-electron chi connectivity index (χ2n) is 2.49. The van der Waals surface area contributed by atoms with Crippen LogP contribution in [0.2, 0.25) is 0 Å². The Morgan fingerprint density at radius 3 is 2.00 bits per heavy atom. The summed E-state index contributed by atoms with van der Waals surface area (Å²) in [4.78, 5) is 0. The van der Waals surface area contributed by atoms with Gasteiger partial charge in [0, 0.05) is 7.85 Å². The van der Waals surface area contributed by atoms with Crippen LogP contribution in [0.1, 0.15) is 25.7 Å². The minimum atomic E-state index is 0.693. The second kappa shape index (κ2) is 3.03. The molecule has 1 fully saturated rings. The van der Waals surface area contributed by atoms with Crippen LogP contribution in [0.15, 0.2) is 0 Å². The average molecular weight is 336 g/mol. The Labute approximate surface area is 78.1 Å². The van der Waals surface area contributed by atoms with Crippen molar-refractivity contribution in [3.05, 3.63) is 0 Å². The molecule has 1 aliphatic carbocycles. The van der Waals surface area contributed by atoms with E-state index in [1.165, 1.54) is 30.1 Å². The topological polar surface area (TPSA) is 0 Å². The fraction of sp³-hybridized carbons (Fsp3) is 1.00. The molecule has 0 bridgehead atoms.